The van der Waals surface area contributed by atoms with Crippen molar-refractivity contribution in [2.75, 3.05) is 0 Å². The normalized spacial score (nSPS) is 11.9. The second-order valence-corrected chi connectivity index (χ2v) is 4.30. The lowest BCUT2D eigenvalue weighted by molar-refractivity contribution is -0.129. The van der Waals surface area contributed by atoms with Gasteiger partial charge in [-0.3, -0.25) is 9.78 Å². The lowest BCUT2D eigenvalue weighted by Gasteiger charge is -2.12. The van der Waals surface area contributed by atoms with E-state index in [-0.39, 0.29) is 0 Å². The molecule has 1 aromatic heterocycles. The molecule has 98 valence electrons. The smallest absolute Gasteiger partial charge is 0.253 e. The van der Waals surface area contributed by atoms with Crippen LogP contribution in [0.2, 0.25) is 0 Å². The molecule has 0 bridgehead atoms. The molecule has 4 nitrogen and oxygen atoms in total. The Kier molecular flexibility index (Phi) is 4.26. The Morgan fingerprint density at radius 1 is 1.26 bits per heavy atom. The van der Waals surface area contributed by atoms with Crippen molar-refractivity contribution >= 4 is 5.91 Å². The van der Waals surface area contributed by atoms with Gasteiger partial charge in [-0.15, -0.1) is 0 Å². The predicted octanol–water partition coefficient (Wildman–Crippen LogP) is 1.74. The van der Waals surface area contributed by atoms with E-state index in [4.69, 9.17) is 0 Å². The first-order chi connectivity index (χ1) is 9.18. The number of nitrogens with zero attached hydrogens (tertiary/aromatic N) is 1. The van der Waals surface area contributed by atoms with Crippen LogP contribution in [-0.4, -0.2) is 16.0 Å². The van der Waals surface area contributed by atoms with E-state index in [9.17, 15) is 9.90 Å². The second kappa shape index (κ2) is 6.11. The van der Waals surface area contributed by atoms with Crippen molar-refractivity contribution < 1.29 is 9.90 Å². The number of amides is 1. The molecule has 0 spiro atoms. The van der Waals surface area contributed by atoms with Crippen molar-refractivity contribution in [3.63, 3.8) is 0 Å². The number of hydrogen-bond donors (Lipinski definition) is 2. The van der Waals surface area contributed by atoms with Crippen molar-refractivity contribution in [1.29, 1.82) is 0 Å². The molecule has 1 amide bonds. The first-order valence-corrected chi connectivity index (χ1v) is 6.09. The lowest BCUT2D eigenvalue weighted by atomic mass is 10.1. The highest BCUT2D eigenvalue weighted by atomic mass is 16.3. The zero-order valence-corrected chi connectivity index (χ0v) is 10.7. The molecule has 0 aliphatic rings. The topological polar surface area (TPSA) is 62.2 Å². The lowest BCUT2D eigenvalue weighted by Crippen LogP contribution is -2.29. The SMILES string of the molecule is Cc1cccnc1CNC(=O)C(O)c1ccccc1. The molecule has 4 heteroatoms. The number of aliphatic hydroxyl groups is 1. The largest absolute Gasteiger partial charge is 0.378 e. The van der Waals surface area contributed by atoms with Gasteiger partial charge in [0, 0.05) is 6.20 Å². The van der Waals surface area contributed by atoms with Crippen LogP contribution in [0.3, 0.4) is 0 Å². The maximum Gasteiger partial charge on any atom is 0.253 e. The van der Waals surface area contributed by atoms with Crippen LogP contribution in [0.5, 0.6) is 0 Å². The van der Waals surface area contributed by atoms with Gasteiger partial charge in [0.05, 0.1) is 12.2 Å². The molecule has 0 aliphatic heterocycles. The Bertz CT molecular complexity index is 555. The van der Waals surface area contributed by atoms with Gasteiger partial charge >= 0.3 is 0 Å². The van der Waals surface area contributed by atoms with E-state index in [0.717, 1.165) is 11.3 Å². The Balaban J connectivity index is 1.97. The van der Waals surface area contributed by atoms with Gasteiger partial charge in [0.15, 0.2) is 6.10 Å². The van der Waals surface area contributed by atoms with E-state index >= 15 is 0 Å². The van der Waals surface area contributed by atoms with Gasteiger partial charge in [0.2, 0.25) is 0 Å². The van der Waals surface area contributed by atoms with Gasteiger partial charge in [-0.2, -0.15) is 0 Å². The monoisotopic (exact) mass is 256 g/mol. The highest BCUT2D eigenvalue weighted by Crippen LogP contribution is 2.12. The summed E-state index contributed by atoms with van der Waals surface area (Å²) in [5, 5.41) is 12.6. The fourth-order valence-corrected chi connectivity index (χ4v) is 1.76. The predicted molar refractivity (Wildman–Crippen MR) is 72.2 cm³/mol. The van der Waals surface area contributed by atoms with Crippen molar-refractivity contribution in [3.05, 3.63) is 65.5 Å². The zero-order valence-electron chi connectivity index (χ0n) is 10.7. The fraction of sp³-hybridized carbons (Fsp3) is 0.200. The minimum Gasteiger partial charge on any atom is -0.378 e. The number of rotatable bonds is 4. The third kappa shape index (κ3) is 3.39. The quantitative estimate of drug-likeness (QED) is 0.876. The number of aliphatic hydroxyl groups excluding tert-OH is 1. The highest BCUT2D eigenvalue weighted by molar-refractivity contribution is 5.81. The zero-order chi connectivity index (χ0) is 13.7. The van der Waals surface area contributed by atoms with Crippen LogP contribution >= 0.6 is 0 Å². The van der Waals surface area contributed by atoms with Crippen molar-refractivity contribution in [2.45, 2.75) is 19.6 Å². The molecule has 0 radical (unpaired) electrons. The average molecular weight is 256 g/mol. The summed E-state index contributed by atoms with van der Waals surface area (Å²) in [6, 6.07) is 12.6. The standard InChI is InChI=1S/C15H16N2O2/c1-11-6-5-9-16-13(11)10-17-15(19)14(18)12-7-3-2-4-8-12/h2-9,14,18H,10H2,1H3,(H,17,19). The Morgan fingerprint density at radius 2 is 2.00 bits per heavy atom. The summed E-state index contributed by atoms with van der Waals surface area (Å²) < 4.78 is 0. The first-order valence-electron chi connectivity index (χ1n) is 6.09. The molecular weight excluding hydrogens is 240 g/mol. The Hall–Kier alpha value is -2.20. The molecule has 2 rings (SSSR count). The van der Waals surface area contributed by atoms with Crippen LogP contribution in [-0.2, 0) is 11.3 Å². The van der Waals surface area contributed by atoms with Crippen LogP contribution in [0.1, 0.15) is 22.9 Å². The van der Waals surface area contributed by atoms with Gasteiger partial charge in [-0.1, -0.05) is 36.4 Å². The highest BCUT2D eigenvalue weighted by Gasteiger charge is 2.16. The molecule has 0 aliphatic carbocycles. The molecule has 1 aromatic carbocycles. The third-order valence-corrected chi connectivity index (χ3v) is 2.91. The molecule has 2 N–H and O–H groups in total. The number of aromatic nitrogens is 1. The van der Waals surface area contributed by atoms with Gasteiger partial charge in [-0.05, 0) is 24.1 Å². The molecule has 0 fully saturated rings. The van der Waals surface area contributed by atoms with Crippen molar-refractivity contribution in [2.24, 2.45) is 0 Å². The number of nitrogens with one attached hydrogen (secondary N) is 1. The van der Waals surface area contributed by atoms with E-state index in [1.807, 2.05) is 25.1 Å². The second-order valence-electron chi connectivity index (χ2n) is 4.30. The van der Waals surface area contributed by atoms with E-state index in [1.54, 1.807) is 30.5 Å². The fourth-order valence-electron chi connectivity index (χ4n) is 1.76. The number of aryl methyl sites for hydroxylation is 1. The summed E-state index contributed by atoms with van der Waals surface area (Å²) in [4.78, 5) is 16.0. The molecule has 0 saturated heterocycles. The van der Waals surface area contributed by atoms with Crippen molar-refractivity contribution in [1.82, 2.24) is 10.3 Å². The molecule has 19 heavy (non-hydrogen) atoms. The first kappa shape index (κ1) is 13.2. The summed E-state index contributed by atoms with van der Waals surface area (Å²) in [6.45, 7) is 2.25. The van der Waals surface area contributed by atoms with E-state index in [0.29, 0.717) is 12.1 Å². The molecule has 1 atom stereocenters. The van der Waals surface area contributed by atoms with Crippen LogP contribution in [0.15, 0.2) is 48.7 Å². The summed E-state index contributed by atoms with van der Waals surface area (Å²) in [6.07, 6.45) is 0.535. The van der Waals surface area contributed by atoms with E-state index in [1.165, 1.54) is 0 Å². The molecule has 1 unspecified atom stereocenters. The molecule has 0 saturated carbocycles. The number of carbonyl (C=O) groups excluding carboxylic acids is 1. The Morgan fingerprint density at radius 3 is 2.68 bits per heavy atom. The Labute approximate surface area is 112 Å². The average Bonchev–Trinajstić information content (AvgIpc) is 2.46. The summed E-state index contributed by atoms with van der Waals surface area (Å²) >= 11 is 0. The maximum atomic E-state index is 11.8. The van der Waals surface area contributed by atoms with Gasteiger partial charge in [0.25, 0.3) is 5.91 Å². The summed E-state index contributed by atoms with van der Waals surface area (Å²) in [5.74, 6) is -0.420. The van der Waals surface area contributed by atoms with Crippen molar-refractivity contribution in [3.8, 4) is 0 Å². The number of carbonyl (C=O) groups is 1. The van der Waals surface area contributed by atoms with Crippen LogP contribution in [0, 0.1) is 6.92 Å². The number of hydrogen-bond acceptors (Lipinski definition) is 3. The van der Waals surface area contributed by atoms with Crippen LogP contribution in [0.4, 0.5) is 0 Å². The molecule has 1 heterocycles. The molecule has 2 aromatic rings. The maximum absolute atomic E-state index is 11.8. The van der Waals surface area contributed by atoms with Crippen LogP contribution in [0.25, 0.3) is 0 Å². The summed E-state index contributed by atoms with van der Waals surface area (Å²) in [5.41, 5.74) is 2.39. The third-order valence-electron chi connectivity index (χ3n) is 2.91. The molecular formula is C15H16N2O2. The minimum atomic E-state index is -1.15. The van der Waals surface area contributed by atoms with Gasteiger partial charge in [-0.25, -0.2) is 0 Å². The number of benzene rings is 1. The van der Waals surface area contributed by atoms with E-state index < -0.39 is 12.0 Å². The van der Waals surface area contributed by atoms with Gasteiger partial charge < -0.3 is 10.4 Å². The van der Waals surface area contributed by atoms with Gasteiger partial charge in [0.1, 0.15) is 0 Å². The van der Waals surface area contributed by atoms with E-state index in [2.05, 4.69) is 10.3 Å². The number of pyridine rings is 1. The van der Waals surface area contributed by atoms with Crippen LogP contribution < -0.4 is 5.32 Å². The summed E-state index contributed by atoms with van der Waals surface area (Å²) in [7, 11) is 0. The minimum absolute atomic E-state index is 0.315.